The first-order chi connectivity index (χ1) is 20.2. The maximum absolute atomic E-state index is 14.4. The molecule has 0 spiro atoms. The Morgan fingerprint density at radius 1 is 1.10 bits per heavy atom. The Morgan fingerprint density at radius 3 is 2.45 bits per heavy atom. The molecule has 42 heavy (non-hydrogen) atoms. The van der Waals surface area contributed by atoms with E-state index in [1.54, 1.807) is 12.0 Å². The number of urea groups is 1. The van der Waals surface area contributed by atoms with Crippen molar-refractivity contribution in [3.63, 3.8) is 0 Å². The van der Waals surface area contributed by atoms with Gasteiger partial charge in [0.05, 0.1) is 25.7 Å². The molecule has 2 aliphatic heterocycles. The molecular formula is C30H32F2N4O6. The van der Waals surface area contributed by atoms with Crippen molar-refractivity contribution in [1.29, 1.82) is 5.26 Å². The monoisotopic (exact) mass is 582 g/mol. The van der Waals surface area contributed by atoms with E-state index in [4.69, 9.17) is 14.2 Å². The van der Waals surface area contributed by atoms with Crippen LogP contribution in [0.2, 0.25) is 0 Å². The summed E-state index contributed by atoms with van der Waals surface area (Å²) in [7, 11) is 2.66. The van der Waals surface area contributed by atoms with E-state index in [0.29, 0.717) is 50.9 Å². The predicted octanol–water partition coefficient (Wildman–Crippen LogP) is 4.20. The van der Waals surface area contributed by atoms with Crippen LogP contribution in [0.15, 0.2) is 42.5 Å². The molecule has 1 N–H and O–H groups in total. The number of nitriles is 1. The highest BCUT2D eigenvalue weighted by molar-refractivity contribution is 5.96. The number of nitrogens with one attached hydrogen (secondary N) is 1. The molecule has 2 aromatic carbocycles. The van der Waals surface area contributed by atoms with Crippen molar-refractivity contribution in [3.8, 4) is 11.8 Å². The van der Waals surface area contributed by atoms with Crippen LogP contribution in [0.3, 0.4) is 0 Å². The van der Waals surface area contributed by atoms with Crippen molar-refractivity contribution in [2.75, 3.05) is 27.3 Å². The van der Waals surface area contributed by atoms with E-state index in [0.717, 1.165) is 29.7 Å². The Balaban J connectivity index is 1.48. The molecule has 222 valence electrons. The number of rotatable bonds is 6. The summed E-state index contributed by atoms with van der Waals surface area (Å²) in [5.41, 5.74) is -0.0183. The summed E-state index contributed by atoms with van der Waals surface area (Å²) < 4.78 is 43.7. The van der Waals surface area contributed by atoms with Gasteiger partial charge in [-0.15, -0.1) is 0 Å². The Bertz CT molecular complexity index is 1400. The van der Waals surface area contributed by atoms with Gasteiger partial charge in [-0.3, -0.25) is 0 Å². The molecule has 0 bridgehead atoms. The highest BCUT2D eigenvalue weighted by atomic mass is 19.2. The third kappa shape index (κ3) is 5.13. The highest BCUT2D eigenvalue weighted by Crippen LogP contribution is 2.45. The van der Waals surface area contributed by atoms with Crippen LogP contribution in [-0.4, -0.2) is 73.4 Å². The van der Waals surface area contributed by atoms with Crippen LogP contribution in [0, 0.1) is 23.0 Å². The first-order valence-electron chi connectivity index (χ1n) is 13.8. The number of carbonyl (C=O) groups is 3. The minimum Gasteiger partial charge on any atom is -0.496 e. The Kier molecular flexibility index (Phi) is 8.31. The molecule has 3 amide bonds. The summed E-state index contributed by atoms with van der Waals surface area (Å²) >= 11 is 0. The molecule has 1 aliphatic carbocycles. The zero-order valence-electron chi connectivity index (χ0n) is 23.3. The van der Waals surface area contributed by atoms with Gasteiger partial charge in [-0.2, -0.15) is 5.26 Å². The molecule has 2 heterocycles. The van der Waals surface area contributed by atoms with Crippen LogP contribution >= 0.6 is 0 Å². The fourth-order valence-electron chi connectivity index (χ4n) is 6.46. The van der Waals surface area contributed by atoms with E-state index >= 15 is 0 Å². The van der Waals surface area contributed by atoms with Crippen molar-refractivity contribution in [2.45, 2.75) is 61.7 Å². The van der Waals surface area contributed by atoms with E-state index in [9.17, 15) is 28.4 Å². The average Bonchev–Trinajstić information content (AvgIpc) is 3.66. The lowest BCUT2D eigenvalue weighted by molar-refractivity contribution is -0.150. The van der Waals surface area contributed by atoms with Crippen molar-refractivity contribution >= 4 is 18.1 Å². The van der Waals surface area contributed by atoms with Crippen LogP contribution in [0.1, 0.15) is 49.3 Å². The summed E-state index contributed by atoms with van der Waals surface area (Å²) in [4.78, 5) is 42.6. The number of hydrogen-bond donors (Lipinski definition) is 1. The topological polar surface area (TPSA) is 121 Å². The first kappa shape index (κ1) is 29.3. The van der Waals surface area contributed by atoms with Crippen LogP contribution < -0.4 is 10.1 Å². The lowest BCUT2D eigenvalue weighted by Crippen LogP contribution is -2.56. The fourth-order valence-corrected chi connectivity index (χ4v) is 6.46. The van der Waals surface area contributed by atoms with Gasteiger partial charge in [0, 0.05) is 24.2 Å². The molecule has 3 aliphatic rings. The molecule has 0 unspecified atom stereocenters. The lowest BCUT2D eigenvalue weighted by atomic mass is 9.68. The van der Waals surface area contributed by atoms with Gasteiger partial charge in [0.2, 0.25) is 6.10 Å². The largest absolute Gasteiger partial charge is 0.496 e. The SMILES string of the molecule is COC(=O)[C@@H]1OC(=O)N(C(=O)N(C2CCC(C#N)(c3ccccc3OC)CC2)[C@@H]2CCNC2)[C@H]1c1ccc(F)c(F)c1. The van der Waals surface area contributed by atoms with Gasteiger partial charge >= 0.3 is 18.1 Å². The predicted molar refractivity (Wildman–Crippen MR) is 144 cm³/mol. The summed E-state index contributed by atoms with van der Waals surface area (Å²) in [5.74, 6) is -2.63. The zero-order chi connectivity index (χ0) is 30.0. The number of methoxy groups -OCH3 is 2. The fraction of sp³-hybridized carbons (Fsp3) is 0.467. The second-order valence-corrected chi connectivity index (χ2v) is 10.8. The number of hydrogen-bond acceptors (Lipinski definition) is 8. The molecule has 12 heteroatoms. The van der Waals surface area contributed by atoms with E-state index in [1.807, 2.05) is 24.3 Å². The lowest BCUT2D eigenvalue weighted by Gasteiger charge is -2.44. The minimum absolute atomic E-state index is 0.0105. The number of amides is 3. The van der Waals surface area contributed by atoms with Crippen LogP contribution in [0.5, 0.6) is 5.75 Å². The third-order valence-corrected chi connectivity index (χ3v) is 8.60. The van der Waals surface area contributed by atoms with Crippen molar-refractivity contribution in [1.82, 2.24) is 15.1 Å². The van der Waals surface area contributed by atoms with Crippen LogP contribution in [0.4, 0.5) is 18.4 Å². The second-order valence-electron chi connectivity index (χ2n) is 10.8. The van der Waals surface area contributed by atoms with Gasteiger partial charge in [-0.05, 0) is 62.4 Å². The number of esters is 1. The molecule has 1 saturated carbocycles. The highest BCUT2D eigenvalue weighted by Gasteiger charge is 2.54. The third-order valence-electron chi connectivity index (χ3n) is 8.60. The van der Waals surface area contributed by atoms with E-state index in [1.165, 1.54) is 6.07 Å². The van der Waals surface area contributed by atoms with E-state index in [-0.39, 0.29) is 17.6 Å². The Hall–Kier alpha value is -4.24. The number of benzene rings is 2. The summed E-state index contributed by atoms with van der Waals surface area (Å²) in [6.45, 7) is 1.14. The normalized spacial score (nSPS) is 27.2. The molecule has 0 aromatic heterocycles. The smallest absolute Gasteiger partial charge is 0.419 e. The molecule has 3 atom stereocenters. The van der Waals surface area contributed by atoms with Crippen LogP contribution in [0.25, 0.3) is 0 Å². The maximum Gasteiger partial charge on any atom is 0.419 e. The van der Waals surface area contributed by atoms with Crippen LogP contribution in [-0.2, 0) is 19.7 Å². The van der Waals surface area contributed by atoms with Gasteiger partial charge in [0.1, 0.15) is 11.8 Å². The molecule has 2 saturated heterocycles. The van der Waals surface area contributed by atoms with E-state index < -0.39 is 47.3 Å². The zero-order valence-corrected chi connectivity index (χ0v) is 23.3. The Morgan fingerprint density at radius 2 is 1.83 bits per heavy atom. The number of para-hydroxylation sites is 1. The van der Waals surface area contributed by atoms with E-state index in [2.05, 4.69) is 11.4 Å². The number of carbonyl (C=O) groups excluding carboxylic acids is 3. The van der Waals surface area contributed by atoms with Gasteiger partial charge in [-0.25, -0.2) is 28.1 Å². The van der Waals surface area contributed by atoms with Crippen molar-refractivity contribution in [2.24, 2.45) is 0 Å². The van der Waals surface area contributed by atoms with Gasteiger partial charge in [0.15, 0.2) is 11.6 Å². The first-order valence-corrected chi connectivity index (χ1v) is 13.8. The molecule has 2 aromatic rings. The standard InChI is InChI=1S/C30H32F2N4O6/c1-40-24-6-4-3-5-21(24)30(17-33)12-9-19(10-13-30)35(20-11-14-34-16-20)28(38)36-25(18-7-8-22(31)23(32)15-18)26(27(37)41-2)42-29(36)39/h3-8,15,19-20,25-26,34H,9-14,16H2,1-2H3/t19?,20-,25+,26-,30?/m1/s1. The minimum atomic E-state index is -1.57. The Labute approximate surface area is 242 Å². The molecule has 10 nitrogen and oxygen atoms in total. The molecule has 0 radical (unpaired) electrons. The van der Waals surface area contributed by atoms with Crippen molar-refractivity contribution < 1.29 is 37.4 Å². The summed E-state index contributed by atoms with van der Waals surface area (Å²) in [6, 6.07) is 10.1. The van der Waals surface area contributed by atoms with Gasteiger partial charge in [0.25, 0.3) is 0 Å². The summed E-state index contributed by atoms with van der Waals surface area (Å²) in [6.07, 6.45) is -0.210. The van der Waals surface area contributed by atoms with Gasteiger partial charge < -0.3 is 24.4 Å². The number of ether oxygens (including phenoxy) is 3. The number of cyclic esters (lactones) is 1. The average molecular weight is 583 g/mol. The molecule has 5 rings (SSSR count). The number of imide groups is 1. The van der Waals surface area contributed by atoms with Gasteiger partial charge in [-0.1, -0.05) is 24.3 Å². The molecular weight excluding hydrogens is 550 g/mol. The quantitative estimate of drug-likeness (QED) is 0.504. The summed E-state index contributed by atoms with van der Waals surface area (Å²) in [5, 5.41) is 13.6. The molecule has 3 fully saturated rings. The van der Waals surface area contributed by atoms with Crippen molar-refractivity contribution in [3.05, 3.63) is 65.2 Å². The number of nitrogens with zero attached hydrogens (tertiary/aromatic N) is 3. The maximum atomic E-state index is 14.4. The second kappa shape index (κ2) is 11.9. The number of halogens is 2.